The Bertz CT molecular complexity index is 650. The van der Waals surface area contributed by atoms with Crippen LogP contribution in [0.5, 0.6) is 0 Å². The molecule has 1 saturated heterocycles. The quantitative estimate of drug-likeness (QED) is 0.926. The fourth-order valence-electron chi connectivity index (χ4n) is 2.14. The molecule has 0 unspecified atom stereocenters. The van der Waals surface area contributed by atoms with Crippen LogP contribution in [0.15, 0.2) is 28.7 Å². The summed E-state index contributed by atoms with van der Waals surface area (Å²) in [5.41, 5.74) is 2.30. The van der Waals surface area contributed by atoms with Gasteiger partial charge >= 0.3 is 0 Å². The molecule has 0 atom stereocenters. The van der Waals surface area contributed by atoms with Crippen LogP contribution in [0.3, 0.4) is 0 Å². The van der Waals surface area contributed by atoms with Gasteiger partial charge in [0.2, 0.25) is 0 Å². The average molecular weight is 318 g/mol. The van der Waals surface area contributed by atoms with Crippen LogP contribution in [0.2, 0.25) is 0 Å². The van der Waals surface area contributed by atoms with Crippen molar-refractivity contribution < 1.29 is 4.74 Å². The highest BCUT2D eigenvalue weighted by molar-refractivity contribution is 9.10. The second-order valence-electron chi connectivity index (χ2n) is 4.75. The van der Waals surface area contributed by atoms with Gasteiger partial charge in [0, 0.05) is 15.7 Å². The lowest BCUT2D eigenvalue weighted by Gasteiger charge is -2.32. The minimum absolute atomic E-state index is 0.413. The van der Waals surface area contributed by atoms with E-state index in [4.69, 9.17) is 4.74 Å². The van der Waals surface area contributed by atoms with Crippen molar-refractivity contribution in [1.29, 1.82) is 5.26 Å². The summed E-state index contributed by atoms with van der Waals surface area (Å²) >= 11 is 3.42. The molecule has 19 heavy (non-hydrogen) atoms. The third-order valence-electron chi connectivity index (χ3n) is 3.37. The number of nitrogens with zero attached hydrogens (tertiary/aromatic N) is 2. The molecule has 3 rings (SSSR count). The van der Waals surface area contributed by atoms with Crippen LogP contribution in [0.25, 0.3) is 11.3 Å². The van der Waals surface area contributed by atoms with Gasteiger partial charge < -0.3 is 9.72 Å². The van der Waals surface area contributed by atoms with Gasteiger partial charge in [-0.15, -0.1) is 0 Å². The summed E-state index contributed by atoms with van der Waals surface area (Å²) in [6.45, 7) is 2.80. The Labute approximate surface area is 119 Å². The third-order valence-corrected chi connectivity index (χ3v) is 3.90. The Morgan fingerprint density at radius 1 is 1.37 bits per heavy atom. The van der Waals surface area contributed by atoms with E-state index in [0.717, 1.165) is 21.4 Å². The highest BCUT2D eigenvalue weighted by Gasteiger charge is 2.44. The first-order valence-electron chi connectivity index (χ1n) is 5.97. The molecule has 1 aliphatic rings. The van der Waals surface area contributed by atoms with Crippen LogP contribution < -0.4 is 0 Å². The highest BCUT2D eigenvalue weighted by atomic mass is 79.9. The summed E-state index contributed by atoms with van der Waals surface area (Å²) < 4.78 is 6.20. The molecular formula is C14H12BrN3O. The van der Waals surface area contributed by atoms with Crippen molar-refractivity contribution in [2.24, 2.45) is 0 Å². The molecule has 4 nitrogen and oxygen atoms in total. The molecule has 0 saturated carbocycles. The smallest absolute Gasteiger partial charge is 0.161 e. The monoisotopic (exact) mass is 317 g/mol. The van der Waals surface area contributed by atoms with E-state index in [0.29, 0.717) is 19.0 Å². The number of ether oxygens (including phenoxy) is 1. The summed E-state index contributed by atoms with van der Waals surface area (Å²) in [6.07, 6.45) is 0. The number of halogens is 1. The van der Waals surface area contributed by atoms with Crippen molar-refractivity contribution in [2.75, 3.05) is 13.2 Å². The number of rotatable bonds is 2. The number of imidazole rings is 1. The molecule has 0 aliphatic carbocycles. The number of benzene rings is 1. The summed E-state index contributed by atoms with van der Waals surface area (Å²) in [5.74, 6) is 0.705. The zero-order chi connectivity index (χ0) is 13.5. The maximum Gasteiger partial charge on any atom is 0.161 e. The predicted molar refractivity (Wildman–Crippen MR) is 74.6 cm³/mol. The molecule has 0 radical (unpaired) electrons. The molecule has 1 fully saturated rings. The van der Waals surface area contributed by atoms with Crippen LogP contribution in [-0.4, -0.2) is 23.2 Å². The topological polar surface area (TPSA) is 61.7 Å². The summed E-state index contributed by atoms with van der Waals surface area (Å²) in [5, 5.41) is 9.30. The van der Waals surface area contributed by atoms with Crippen LogP contribution in [-0.2, 0) is 10.2 Å². The molecule has 0 spiro atoms. The normalized spacial score (nSPS) is 16.7. The zero-order valence-corrected chi connectivity index (χ0v) is 12.0. The van der Waals surface area contributed by atoms with Crippen molar-refractivity contribution in [3.8, 4) is 17.3 Å². The number of aromatic nitrogens is 2. The van der Waals surface area contributed by atoms with Gasteiger partial charge in [0.15, 0.2) is 5.41 Å². The molecule has 0 bridgehead atoms. The van der Waals surface area contributed by atoms with Crippen molar-refractivity contribution in [2.45, 2.75) is 12.3 Å². The molecule has 2 heterocycles. The van der Waals surface area contributed by atoms with Crippen molar-refractivity contribution >= 4 is 15.9 Å². The fourth-order valence-corrected chi connectivity index (χ4v) is 2.40. The molecule has 0 amide bonds. The highest BCUT2D eigenvalue weighted by Crippen LogP contribution is 2.32. The van der Waals surface area contributed by atoms with Gasteiger partial charge in [0.25, 0.3) is 0 Å². The number of nitrogens with one attached hydrogen (secondary N) is 1. The van der Waals surface area contributed by atoms with E-state index in [1.807, 2.05) is 31.2 Å². The lowest BCUT2D eigenvalue weighted by atomic mass is 9.87. The number of aromatic amines is 1. The van der Waals surface area contributed by atoms with E-state index < -0.39 is 5.41 Å². The molecule has 1 aromatic carbocycles. The van der Waals surface area contributed by atoms with Gasteiger partial charge in [-0.2, -0.15) is 5.26 Å². The minimum Gasteiger partial charge on any atom is -0.377 e. The number of aryl methyl sites for hydroxylation is 1. The van der Waals surface area contributed by atoms with Gasteiger partial charge in [0.1, 0.15) is 5.82 Å². The minimum atomic E-state index is -0.599. The van der Waals surface area contributed by atoms with E-state index in [9.17, 15) is 5.26 Å². The lowest BCUT2D eigenvalue weighted by Crippen LogP contribution is -2.46. The van der Waals surface area contributed by atoms with Crippen LogP contribution in [0.1, 0.15) is 11.5 Å². The number of hydrogen-bond donors (Lipinski definition) is 1. The fraction of sp³-hybridized carbons (Fsp3) is 0.286. The summed E-state index contributed by atoms with van der Waals surface area (Å²) in [6, 6.07) is 10.3. The summed E-state index contributed by atoms with van der Waals surface area (Å²) in [7, 11) is 0. The van der Waals surface area contributed by atoms with Crippen molar-refractivity contribution in [3.63, 3.8) is 0 Å². The SMILES string of the molecule is Cc1[nH]c(C2(C#N)COC2)nc1-c1ccc(Br)cc1. The Hall–Kier alpha value is -1.64. The first-order chi connectivity index (χ1) is 9.14. The Kier molecular flexibility index (Phi) is 2.92. The molecule has 96 valence electrons. The van der Waals surface area contributed by atoms with E-state index in [-0.39, 0.29) is 0 Å². The molecule has 1 aromatic heterocycles. The first-order valence-corrected chi connectivity index (χ1v) is 6.76. The number of nitriles is 1. The lowest BCUT2D eigenvalue weighted by molar-refractivity contribution is -0.0335. The Morgan fingerprint density at radius 2 is 2.05 bits per heavy atom. The average Bonchev–Trinajstić information content (AvgIpc) is 2.72. The standard InChI is InChI=1S/C14H12BrN3O/c1-9-12(10-2-4-11(15)5-3-10)18-13(17-9)14(6-16)7-19-8-14/h2-5H,7-8H2,1H3,(H,17,18). The van der Waals surface area contributed by atoms with E-state index >= 15 is 0 Å². The van der Waals surface area contributed by atoms with Gasteiger partial charge in [0.05, 0.1) is 25.0 Å². The molecule has 1 N–H and O–H groups in total. The Morgan fingerprint density at radius 3 is 2.58 bits per heavy atom. The predicted octanol–water partition coefficient (Wildman–Crippen LogP) is 2.94. The first kappa shape index (κ1) is 12.4. The third kappa shape index (κ3) is 1.97. The number of H-pyrrole nitrogens is 1. The Balaban J connectivity index is 2.03. The van der Waals surface area contributed by atoms with Gasteiger partial charge in [-0.3, -0.25) is 0 Å². The van der Waals surface area contributed by atoms with Crippen molar-refractivity contribution in [3.05, 3.63) is 40.3 Å². The molecular weight excluding hydrogens is 306 g/mol. The zero-order valence-electron chi connectivity index (χ0n) is 10.4. The molecule has 5 heteroatoms. The largest absolute Gasteiger partial charge is 0.377 e. The van der Waals surface area contributed by atoms with Crippen LogP contribution >= 0.6 is 15.9 Å². The van der Waals surface area contributed by atoms with Crippen LogP contribution in [0, 0.1) is 18.3 Å². The maximum absolute atomic E-state index is 9.30. The van der Waals surface area contributed by atoms with Gasteiger partial charge in [-0.25, -0.2) is 4.98 Å². The van der Waals surface area contributed by atoms with Gasteiger partial charge in [-0.05, 0) is 19.1 Å². The molecule has 2 aromatic rings. The van der Waals surface area contributed by atoms with E-state index in [1.165, 1.54) is 0 Å². The summed E-state index contributed by atoms with van der Waals surface area (Å²) in [4.78, 5) is 7.83. The second-order valence-corrected chi connectivity index (χ2v) is 5.67. The maximum atomic E-state index is 9.30. The number of hydrogen-bond acceptors (Lipinski definition) is 3. The van der Waals surface area contributed by atoms with Gasteiger partial charge in [-0.1, -0.05) is 28.1 Å². The second kappa shape index (κ2) is 4.48. The van der Waals surface area contributed by atoms with Crippen LogP contribution in [0.4, 0.5) is 0 Å². The van der Waals surface area contributed by atoms with Crippen molar-refractivity contribution in [1.82, 2.24) is 9.97 Å². The van der Waals surface area contributed by atoms with E-state index in [1.54, 1.807) is 0 Å². The molecule has 1 aliphatic heterocycles. The van der Waals surface area contributed by atoms with E-state index in [2.05, 4.69) is 32.0 Å².